The predicted molar refractivity (Wildman–Crippen MR) is 92.9 cm³/mol. The highest BCUT2D eigenvalue weighted by Gasteiger charge is 2.34. The zero-order valence-electron chi connectivity index (χ0n) is 14.5. The van der Waals surface area contributed by atoms with Crippen LogP contribution in [0.1, 0.15) is 32.6 Å². The van der Waals surface area contributed by atoms with E-state index in [0.717, 1.165) is 38.1 Å². The Labute approximate surface area is 148 Å². The summed E-state index contributed by atoms with van der Waals surface area (Å²) in [5.74, 6) is 0.158. The molecular weight excluding hydrogens is 343 g/mol. The molecule has 138 valence electrons. The van der Waals surface area contributed by atoms with Crippen LogP contribution in [0.2, 0.25) is 0 Å². The van der Waals surface area contributed by atoms with Crippen LogP contribution < -0.4 is 0 Å². The van der Waals surface area contributed by atoms with Crippen molar-refractivity contribution in [2.24, 2.45) is 11.8 Å². The SMILES string of the molecule is CC1CCCN(C(=O)C2CCN(S(=O)(=O)c3ccc(F)cc3)CC2)C1. The smallest absolute Gasteiger partial charge is 0.243 e. The Bertz CT molecular complexity index is 712. The van der Waals surface area contributed by atoms with Crippen LogP contribution in [0.15, 0.2) is 29.2 Å². The quantitative estimate of drug-likeness (QED) is 0.824. The van der Waals surface area contributed by atoms with Gasteiger partial charge in [0.2, 0.25) is 15.9 Å². The molecule has 0 bridgehead atoms. The van der Waals surface area contributed by atoms with Crippen molar-refractivity contribution in [2.75, 3.05) is 26.2 Å². The second kappa shape index (κ2) is 7.41. The van der Waals surface area contributed by atoms with Gasteiger partial charge in [-0.1, -0.05) is 6.92 Å². The van der Waals surface area contributed by atoms with Gasteiger partial charge in [-0.3, -0.25) is 4.79 Å². The Kier molecular flexibility index (Phi) is 5.43. The molecule has 0 saturated carbocycles. The van der Waals surface area contributed by atoms with Crippen LogP contribution in [0.5, 0.6) is 0 Å². The first-order chi connectivity index (χ1) is 11.9. The van der Waals surface area contributed by atoms with Crippen LogP contribution in [-0.4, -0.2) is 49.7 Å². The highest BCUT2D eigenvalue weighted by atomic mass is 32.2. The first-order valence-corrected chi connectivity index (χ1v) is 10.4. The monoisotopic (exact) mass is 368 g/mol. The molecule has 1 aromatic rings. The molecule has 7 heteroatoms. The summed E-state index contributed by atoms with van der Waals surface area (Å²) in [6.45, 7) is 4.46. The van der Waals surface area contributed by atoms with Gasteiger partial charge in [-0.05, 0) is 55.9 Å². The number of likely N-dealkylation sites (tertiary alicyclic amines) is 1. The van der Waals surface area contributed by atoms with Crippen molar-refractivity contribution in [2.45, 2.75) is 37.5 Å². The number of amides is 1. The zero-order valence-corrected chi connectivity index (χ0v) is 15.3. The minimum atomic E-state index is -3.62. The summed E-state index contributed by atoms with van der Waals surface area (Å²) >= 11 is 0. The third-order valence-electron chi connectivity index (χ3n) is 5.22. The summed E-state index contributed by atoms with van der Waals surface area (Å²) in [4.78, 5) is 14.7. The molecule has 0 aliphatic carbocycles. The van der Waals surface area contributed by atoms with Crippen LogP contribution in [0.3, 0.4) is 0 Å². The van der Waals surface area contributed by atoms with E-state index in [1.165, 1.54) is 16.4 Å². The van der Waals surface area contributed by atoms with Crippen molar-refractivity contribution >= 4 is 15.9 Å². The molecule has 3 rings (SSSR count). The minimum absolute atomic E-state index is 0.0926. The van der Waals surface area contributed by atoms with Crippen molar-refractivity contribution < 1.29 is 17.6 Å². The summed E-state index contributed by atoms with van der Waals surface area (Å²) in [7, 11) is -3.62. The lowest BCUT2D eigenvalue weighted by molar-refractivity contribution is -0.138. The number of sulfonamides is 1. The van der Waals surface area contributed by atoms with Crippen LogP contribution in [-0.2, 0) is 14.8 Å². The normalized spacial score (nSPS) is 23.6. The lowest BCUT2D eigenvalue weighted by atomic mass is 9.93. The van der Waals surface area contributed by atoms with E-state index in [-0.39, 0.29) is 16.7 Å². The first-order valence-electron chi connectivity index (χ1n) is 8.92. The summed E-state index contributed by atoms with van der Waals surface area (Å²) in [5.41, 5.74) is 0. The van der Waals surface area contributed by atoms with E-state index >= 15 is 0 Å². The standard InChI is InChI=1S/C18H25FN2O3S/c1-14-3-2-10-20(13-14)18(22)15-8-11-21(12-9-15)25(23,24)17-6-4-16(19)5-7-17/h4-7,14-15H,2-3,8-13H2,1H3. The van der Waals surface area contributed by atoms with E-state index in [1.54, 1.807) is 0 Å². The molecule has 2 heterocycles. The van der Waals surface area contributed by atoms with Crippen LogP contribution >= 0.6 is 0 Å². The summed E-state index contributed by atoms with van der Waals surface area (Å²) < 4.78 is 39.7. The van der Waals surface area contributed by atoms with Gasteiger partial charge in [0.15, 0.2) is 0 Å². The second-order valence-corrected chi connectivity index (χ2v) is 9.10. The third-order valence-corrected chi connectivity index (χ3v) is 7.14. The van der Waals surface area contributed by atoms with Crippen molar-refractivity contribution in [3.05, 3.63) is 30.1 Å². The second-order valence-electron chi connectivity index (χ2n) is 7.16. The average molecular weight is 368 g/mol. The highest BCUT2D eigenvalue weighted by Crippen LogP contribution is 2.27. The number of hydrogen-bond acceptors (Lipinski definition) is 3. The van der Waals surface area contributed by atoms with E-state index in [4.69, 9.17) is 0 Å². The van der Waals surface area contributed by atoms with E-state index in [9.17, 15) is 17.6 Å². The number of piperidine rings is 2. The molecule has 1 aromatic carbocycles. The molecule has 0 radical (unpaired) electrons. The number of carbonyl (C=O) groups excluding carboxylic acids is 1. The van der Waals surface area contributed by atoms with Gasteiger partial charge in [0.1, 0.15) is 5.82 Å². The Hall–Kier alpha value is -1.47. The fraction of sp³-hybridized carbons (Fsp3) is 0.611. The van der Waals surface area contributed by atoms with Crippen molar-refractivity contribution in [1.29, 1.82) is 0 Å². The molecule has 0 N–H and O–H groups in total. The molecule has 2 aliphatic heterocycles. The zero-order chi connectivity index (χ0) is 18.0. The summed E-state index contributed by atoms with van der Waals surface area (Å²) in [5, 5.41) is 0. The lowest BCUT2D eigenvalue weighted by Gasteiger charge is -2.36. The molecule has 1 amide bonds. The highest BCUT2D eigenvalue weighted by molar-refractivity contribution is 7.89. The van der Waals surface area contributed by atoms with Gasteiger partial charge >= 0.3 is 0 Å². The number of halogens is 1. The van der Waals surface area contributed by atoms with E-state index in [0.29, 0.717) is 31.8 Å². The molecule has 1 atom stereocenters. The molecule has 0 spiro atoms. The van der Waals surface area contributed by atoms with Gasteiger partial charge in [-0.25, -0.2) is 12.8 Å². The van der Waals surface area contributed by atoms with Crippen molar-refractivity contribution in [3.8, 4) is 0 Å². The van der Waals surface area contributed by atoms with Gasteiger partial charge in [0.05, 0.1) is 4.90 Å². The molecule has 0 aromatic heterocycles. The van der Waals surface area contributed by atoms with E-state index in [1.807, 2.05) is 4.90 Å². The number of hydrogen-bond donors (Lipinski definition) is 0. The molecule has 5 nitrogen and oxygen atoms in total. The molecule has 1 unspecified atom stereocenters. The maximum Gasteiger partial charge on any atom is 0.243 e. The number of benzene rings is 1. The largest absolute Gasteiger partial charge is 0.342 e. The van der Waals surface area contributed by atoms with Crippen LogP contribution in [0.25, 0.3) is 0 Å². The maximum absolute atomic E-state index is 13.0. The number of carbonyl (C=O) groups is 1. The maximum atomic E-state index is 13.0. The van der Waals surface area contributed by atoms with Gasteiger partial charge in [0.25, 0.3) is 0 Å². The molecule has 2 fully saturated rings. The molecular formula is C18H25FN2O3S. The Morgan fingerprint density at radius 1 is 1.08 bits per heavy atom. The van der Waals surface area contributed by atoms with E-state index < -0.39 is 15.8 Å². The first kappa shape index (κ1) is 18.3. The molecule has 25 heavy (non-hydrogen) atoms. The Morgan fingerprint density at radius 3 is 2.32 bits per heavy atom. The predicted octanol–water partition coefficient (Wildman–Crippen LogP) is 2.48. The van der Waals surface area contributed by atoms with Crippen molar-refractivity contribution in [1.82, 2.24) is 9.21 Å². The van der Waals surface area contributed by atoms with Crippen LogP contribution in [0.4, 0.5) is 4.39 Å². The van der Waals surface area contributed by atoms with E-state index in [2.05, 4.69) is 6.92 Å². The van der Waals surface area contributed by atoms with Crippen LogP contribution in [0, 0.1) is 17.7 Å². The summed E-state index contributed by atoms with van der Waals surface area (Å²) in [6.07, 6.45) is 3.30. The fourth-order valence-corrected chi connectivity index (χ4v) is 5.22. The molecule has 2 saturated heterocycles. The summed E-state index contributed by atoms with van der Waals surface area (Å²) in [6, 6.07) is 4.88. The van der Waals surface area contributed by atoms with Gasteiger partial charge < -0.3 is 4.90 Å². The third kappa shape index (κ3) is 4.03. The fourth-order valence-electron chi connectivity index (χ4n) is 3.75. The average Bonchev–Trinajstić information content (AvgIpc) is 2.61. The van der Waals surface area contributed by atoms with Gasteiger partial charge in [-0.15, -0.1) is 0 Å². The van der Waals surface area contributed by atoms with Crippen molar-refractivity contribution in [3.63, 3.8) is 0 Å². The number of rotatable bonds is 3. The van der Waals surface area contributed by atoms with Gasteiger partial charge in [-0.2, -0.15) is 4.31 Å². The Morgan fingerprint density at radius 2 is 1.72 bits per heavy atom. The number of nitrogens with zero attached hydrogens (tertiary/aromatic N) is 2. The molecule has 2 aliphatic rings. The Balaban J connectivity index is 1.61. The minimum Gasteiger partial charge on any atom is -0.342 e. The topological polar surface area (TPSA) is 57.7 Å². The lowest BCUT2D eigenvalue weighted by Crippen LogP contribution is -2.46. The van der Waals surface area contributed by atoms with Gasteiger partial charge in [0, 0.05) is 32.1 Å².